The van der Waals surface area contributed by atoms with Gasteiger partial charge in [0.1, 0.15) is 5.75 Å². The lowest BCUT2D eigenvalue weighted by atomic mass is 10.0. The molecule has 2 aliphatic heterocycles. The molecular weight excluding hydrogens is 318 g/mol. The highest BCUT2D eigenvalue weighted by atomic mass is 16.7. The zero-order valence-corrected chi connectivity index (χ0v) is 14.5. The van der Waals surface area contributed by atoms with Gasteiger partial charge in [-0.25, -0.2) is 0 Å². The van der Waals surface area contributed by atoms with E-state index in [1.807, 2.05) is 49.4 Å². The number of amides is 1. The van der Waals surface area contributed by atoms with Gasteiger partial charge in [0.15, 0.2) is 0 Å². The first-order valence-corrected chi connectivity index (χ1v) is 8.48. The molecule has 0 atom stereocenters. The van der Waals surface area contributed by atoms with E-state index in [1.54, 1.807) is 12.0 Å². The first kappa shape index (κ1) is 16.1. The molecule has 0 bridgehead atoms. The molecule has 130 valence electrons. The Bertz CT molecular complexity index is 811. The van der Waals surface area contributed by atoms with E-state index < -0.39 is 5.79 Å². The van der Waals surface area contributed by atoms with Gasteiger partial charge in [0.2, 0.25) is 0 Å². The third-order valence-electron chi connectivity index (χ3n) is 4.74. The van der Waals surface area contributed by atoms with Gasteiger partial charge in [-0.2, -0.15) is 0 Å². The molecule has 0 aliphatic carbocycles. The van der Waals surface area contributed by atoms with Crippen molar-refractivity contribution in [3.05, 3.63) is 59.2 Å². The number of benzene rings is 2. The van der Waals surface area contributed by atoms with Crippen molar-refractivity contribution in [2.24, 2.45) is 0 Å². The summed E-state index contributed by atoms with van der Waals surface area (Å²) >= 11 is 0. The molecule has 1 amide bonds. The summed E-state index contributed by atoms with van der Waals surface area (Å²) in [5.41, 5.74) is 3.65. The zero-order valence-electron chi connectivity index (χ0n) is 14.5. The average Bonchev–Trinajstić information content (AvgIpc) is 2.85. The van der Waals surface area contributed by atoms with Crippen molar-refractivity contribution in [1.29, 1.82) is 0 Å². The molecule has 0 aromatic heterocycles. The van der Waals surface area contributed by atoms with Gasteiger partial charge in [0.25, 0.3) is 11.7 Å². The van der Waals surface area contributed by atoms with Crippen LogP contribution in [-0.2, 0) is 26.6 Å². The molecule has 1 fully saturated rings. The van der Waals surface area contributed by atoms with E-state index in [9.17, 15) is 4.79 Å². The maximum atomic E-state index is 13.3. The maximum absolute atomic E-state index is 13.3. The van der Waals surface area contributed by atoms with Gasteiger partial charge in [0, 0.05) is 11.1 Å². The quantitative estimate of drug-likeness (QED) is 0.862. The van der Waals surface area contributed by atoms with E-state index in [0.29, 0.717) is 19.8 Å². The Kier molecular flexibility index (Phi) is 3.98. The molecule has 0 radical (unpaired) electrons. The summed E-state index contributed by atoms with van der Waals surface area (Å²) in [6, 6.07) is 13.7. The summed E-state index contributed by atoms with van der Waals surface area (Å²) in [6.45, 7) is 3.45. The van der Waals surface area contributed by atoms with Gasteiger partial charge < -0.3 is 19.1 Å². The second kappa shape index (κ2) is 6.17. The highest BCUT2D eigenvalue weighted by Gasteiger charge is 2.54. The van der Waals surface area contributed by atoms with Crippen molar-refractivity contribution in [3.63, 3.8) is 0 Å². The molecule has 4 rings (SSSR count). The van der Waals surface area contributed by atoms with Gasteiger partial charge in [-0.15, -0.1) is 0 Å². The van der Waals surface area contributed by atoms with E-state index in [4.69, 9.17) is 14.2 Å². The third kappa shape index (κ3) is 2.51. The van der Waals surface area contributed by atoms with Crippen LogP contribution in [0, 0.1) is 6.92 Å². The summed E-state index contributed by atoms with van der Waals surface area (Å²) < 4.78 is 17.2. The smallest absolute Gasteiger partial charge is 0.292 e. The van der Waals surface area contributed by atoms with Crippen LogP contribution in [0.25, 0.3) is 0 Å². The van der Waals surface area contributed by atoms with Crippen molar-refractivity contribution < 1.29 is 19.0 Å². The largest absolute Gasteiger partial charge is 0.496 e. The predicted octanol–water partition coefficient (Wildman–Crippen LogP) is 3.14. The monoisotopic (exact) mass is 339 g/mol. The Balaban J connectivity index is 1.78. The Morgan fingerprint density at radius 1 is 1.16 bits per heavy atom. The first-order valence-electron chi connectivity index (χ1n) is 8.48. The van der Waals surface area contributed by atoms with E-state index in [-0.39, 0.29) is 5.91 Å². The Morgan fingerprint density at radius 3 is 2.68 bits per heavy atom. The zero-order chi connectivity index (χ0) is 17.4. The molecule has 0 N–H and O–H groups in total. The van der Waals surface area contributed by atoms with Crippen molar-refractivity contribution in [2.45, 2.75) is 25.7 Å². The Hall–Kier alpha value is -2.37. The SMILES string of the molecule is COc1ccccc1CN1C(=O)C2(OCCCO2)c2cc(C)ccc21. The van der Waals surface area contributed by atoms with Gasteiger partial charge >= 0.3 is 0 Å². The van der Waals surface area contributed by atoms with Gasteiger partial charge in [0.05, 0.1) is 32.6 Å². The van der Waals surface area contributed by atoms with Gasteiger partial charge in [-0.1, -0.05) is 29.8 Å². The minimum absolute atomic E-state index is 0.168. The molecule has 25 heavy (non-hydrogen) atoms. The number of rotatable bonds is 3. The summed E-state index contributed by atoms with van der Waals surface area (Å²) in [4.78, 5) is 15.0. The molecule has 2 aromatic carbocycles. The van der Waals surface area contributed by atoms with Crippen LogP contribution in [0.15, 0.2) is 42.5 Å². The van der Waals surface area contributed by atoms with Gasteiger partial charge in [-0.05, 0) is 31.5 Å². The van der Waals surface area contributed by atoms with Crippen LogP contribution in [0.4, 0.5) is 5.69 Å². The van der Waals surface area contributed by atoms with Crippen molar-refractivity contribution in [2.75, 3.05) is 25.2 Å². The number of anilines is 1. The predicted molar refractivity (Wildman–Crippen MR) is 93.6 cm³/mol. The fraction of sp³-hybridized carbons (Fsp3) is 0.350. The van der Waals surface area contributed by atoms with E-state index in [1.165, 1.54) is 0 Å². The van der Waals surface area contributed by atoms with Crippen LogP contribution in [0.2, 0.25) is 0 Å². The average molecular weight is 339 g/mol. The number of carbonyl (C=O) groups excluding carboxylic acids is 1. The molecule has 5 heteroatoms. The maximum Gasteiger partial charge on any atom is 0.292 e. The lowest BCUT2D eigenvalue weighted by Gasteiger charge is -2.32. The number of carbonyl (C=O) groups is 1. The minimum atomic E-state index is -1.30. The molecule has 1 spiro atoms. The number of para-hydroxylation sites is 1. The molecule has 0 saturated carbocycles. The van der Waals surface area contributed by atoms with E-state index >= 15 is 0 Å². The molecule has 2 aliphatic rings. The van der Waals surface area contributed by atoms with Crippen molar-refractivity contribution in [1.82, 2.24) is 0 Å². The minimum Gasteiger partial charge on any atom is -0.496 e. The van der Waals surface area contributed by atoms with Crippen molar-refractivity contribution >= 4 is 11.6 Å². The molecule has 2 heterocycles. The summed E-state index contributed by atoms with van der Waals surface area (Å²) in [6.07, 6.45) is 0.794. The fourth-order valence-electron chi connectivity index (χ4n) is 3.52. The molecule has 1 saturated heterocycles. The fourth-order valence-corrected chi connectivity index (χ4v) is 3.52. The standard InChI is InChI=1S/C20H21NO4/c1-14-8-9-17-16(12-14)20(24-10-5-11-25-20)19(22)21(17)13-15-6-3-4-7-18(15)23-2/h3-4,6-9,12H,5,10-11,13H2,1-2H3. The normalized spacial score (nSPS) is 18.5. The number of hydrogen-bond donors (Lipinski definition) is 0. The van der Waals surface area contributed by atoms with E-state index in [0.717, 1.165) is 34.5 Å². The highest BCUT2D eigenvalue weighted by Crippen LogP contribution is 2.46. The summed E-state index contributed by atoms with van der Waals surface area (Å²) in [5, 5.41) is 0. The number of methoxy groups -OCH3 is 1. The number of hydrogen-bond acceptors (Lipinski definition) is 4. The van der Waals surface area contributed by atoms with Crippen LogP contribution in [-0.4, -0.2) is 26.2 Å². The van der Waals surface area contributed by atoms with Gasteiger partial charge in [-0.3, -0.25) is 4.79 Å². The molecule has 2 aromatic rings. The second-order valence-corrected chi connectivity index (χ2v) is 6.39. The topological polar surface area (TPSA) is 48.0 Å². The molecule has 5 nitrogen and oxygen atoms in total. The summed E-state index contributed by atoms with van der Waals surface area (Å²) in [7, 11) is 1.64. The third-order valence-corrected chi connectivity index (χ3v) is 4.74. The first-order chi connectivity index (χ1) is 12.2. The Labute approximate surface area is 147 Å². The Morgan fingerprint density at radius 2 is 1.92 bits per heavy atom. The number of ether oxygens (including phenoxy) is 3. The van der Waals surface area contributed by atoms with Crippen LogP contribution >= 0.6 is 0 Å². The number of fused-ring (bicyclic) bond motifs is 2. The van der Waals surface area contributed by atoms with Crippen LogP contribution in [0.1, 0.15) is 23.1 Å². The van der Waals surface area contributed by atoms with E-state index in [2.05, 4.69) is 0 Å². The second-order valence-electron chi connectivity index (χ2n) is 6.39. The lowest BCUT2D eigenvalue weighted by Crippen LogP contribution is -2.47. The highest BCUT2D eigenvalue weighted by molar-refractivity contribution is 6.06. The molecule has 0 unspecified atom stereocenters. The number of aryl methyl sites for hydroxylation is 1. The van der Waals surface area contributed by atoms with Crippen LogP contribution < -0.4 is 9.64 Å². The van der Waals surface area contributed by atoms with Crippen molar-refractivity contribution in [3.8, 4) is 5.75 Å². The lowest BCUT2D eigenvalue weighted by molar-refractivity contribution is -0.256. The molecular formula is C20H21NO4. The van der Waals surface area contributed by atoms with Crippen LogP contribution in [0.5, 0.6) is 5.75 Å². The summed E-state index contributed by atoms with van der Waals surface area (Å²) in [5.74, 6) is -0.712. The number of nitrogens with zero attached hydrogens (tertiary/aromatic N) is 1. The van der Waals surface area contributed by atoms with Crippen LogP contribution in [0.3, 0.4) is 0 Å².